The standard InChI is InChI=1S/C25H28BN3O6/c1-24(2)25(3,4)35-26(34-24)18(14-27-23(32)33-15-16-8-6-5-7-9-16)12-17-10-11-20-19(13-17)21(30)29-22(31)28-20/h5-13H,14-15H2,1-4H3,(H,27,32)(H2,28,29,30,31). The van der Waals surface area contributed by atoms with Crippen molar-refractivity contribution in [1.29, 1.82) is 0 Å². The van der Waals surface area contributed by atoms with Crippen molar-refractivity contribution in [2.75, 3.05) is 6.54 Å². The number of ether oxygens (including phenoxy) is 1. The van der Waals surface area contributed by atoms with E-state index in [4.69, 9.17) is 14.0 Å². The second kappa shape index (κ2) is 9.55. The molecule has 35 heavy (non-hydrogen) atoms. The molecule has 2 heterocycles. The Kier molecular flexibility index (Phi) is 6.69. The molecule has 1 saturated heterocycles. The number of rotatable bonds is 6. The van der Waals surface area contributed by atoms with Gasteiger partial charge in [-0.15, -0.1) is 0 Å². The molecule has 0 bridgehead atoms. The zero-order chi connectivity index (χ0) is 25.2. The number of aromatic nitrogens is 2. The van der Waals surface area contributed by atoms with Crippen LogP contribution in [-0.4, -0.2) is 40.9 Å². The summed E-state index contributed by atoms with van der Waals surface area (Å²) in [4.78, 5) is 41.0. The van der Waals surface area contributed by atoms with Crippen molar-refractivity contribution in [3.63, 3.8) is 0 Å². The lowest BCUT2D eigenvalue weighted by molar-refractivity contribution is 0.00578. The quantitative estimate of drug-likeness (QED) is 0.469. The maximum atomic E-state index is 12.4. The molecule has 2 aromatic carbocycles. The minimum absolute atomic E-state index is 0.102. The van der Waals surface area contributed by atoms with E-state index in [9.17, 15) is 14.4 Å². The molecule has 3 aromatic rings. The minimum atomic E-state index is -0.723. The van der Waals surface area contributed by atoms with Gasteiger partial charge in [-0.3, -0.25) is 9.78 Å². The van der Waals surface area contributed by atoms with E-state index < -0.39 is 35.7 Å². The average Bonchev–Trinajstić information content (AvgIpc) is 3.02. The fourth-order valence-electron chi connectivity index (χ4n) is 3.63. The Hall–Kier alpha value is -3.63. The molecule has 10 heteroatoms. The predicted molar refractivity (Wildman–Crippen MR) is 134 cm³/mol. The summed E-state index contributed by atoms with van der Waals surface area (Å²) < 4.78 is 17.7. The topological polar surface area (TPSA) is 123 Å². The molecule has 0 atom stereocenters. The third-order valence-corrected chi connectivity index (χ3v) is 6.32. The van der Waals surface area contributed by atoms with Crippen molar-refractivity contribution in [2.45, 2.75) is 45.5 Å². The number of aromatic amines is 2. The highest BCUT2D eigenvalue weighted by Gasteiger charge is 2.52. The van der Waals surface area contributed by atoms with Crippen molar-refractivity contribution in [3.8, 4) is 0 Å². The number of benzene rings is 2. The summed E-state index contributed by atoms with van der Waals surface area (Å²) in [7, 11) is -0.723. The number of alkyl carbamates (subject to hydrolysis) is 1. The van der Waals surface area contributed by atoms with Crippen molar-refractivity contribution in [3.05, 3.63) is 86.0 Å². The predicted octanol–water partition coefficient (Wildman–Crippen LogP) is 3.16. The highest BCUT2D eigenvalue weighted by Crippen LogP contribution is 2.38. The van der Waals surface area contributed by atoms with Crippen LogP contribution in [0.3, 0.4) is 0 Å². The summed E-state index contributed by atoms with van der Waals surface area (Å²) in [5.74, 6) is 0. The van der Waals surface area contributed by atoms with Gasteiger partial charge in [-0.25, -0.2) is 9.59 Å². The Morgan fingerprint density at radius 2 is 1.71 bits per heavy atom. The van der Waals surface area contributed by atoms with Gasteiger partial charge in [0.25, 0.3) is 5.56 Å². The lowest BCUT2D eigenvalue weighted by Gasteiger charge is -2.32. The molecule has 1 aliphatic heterocycles. The zero-order valence-corrected chi connectivity index (χ0v) is 20.1. The van der Waals surface area contributed by atoms with Gasteiger partial charge in [0.15, 0.2) is 0 Å². The first-order valence-corrected chi connectivity index (χ1v) is 11.3. The molecular weight excluding hydrogens is 449 g/mol. The second-order valence-corrected chi connectivity index (χ2v) is 9.44. The van der Waals surface area contributed by atoms with Crippen LogP contribution in [0.15, 0.2) is 63.6 Å². The summed E-state index contributed by atoms with van der Waals surface area (Å²) in [6.07, 6.45) is 1.22. The Labute approximate surface area is 202 Å². The van der Waals surface area contributed by atoms with Crippen LogP contribution in [0.5, 0.6) is 0 Å². The molecule has 4 rings (SSSR count). The third kappa shape index (κ3) is 5.55. The van der Waals surface area contributed by atoms with E-state index in [1.807, 2.05) is 58.0 Å². The fraction of sp³-hybridized carbons (Fsp3) is 0.320. The Morgan fingerprint density at radius 1 is 1.03 bits per heavy atom. The highest BCUT2D eigenvalue weighted by atomic mass is 16.7. The molecule has 0 spiro atoms. The lowest BCUT2D eigenvalue weighted by Crippen LogP contribution is -2.41. The van der Waals surface area contributed by atoms with E-state index >= 15 is 0 Å². The molecule has 1 aromatic heterocycles. The lowest BCUT2D eigenvalue weighted by atomic mass is 9.77. The van der Waals surface area contributed by atoms with Crippen LogP contribution in [0.25, 0.3) is 17.0 Å². The molecule has 1 aliphatic rings. The summed E-state index contributed by atoms with van der Waals surface area (Å²) in [6, 6.07) is 14.5. The first-order valence-electron chi connectivity index (χ1n) is 11.3. The number of amides is 1. The molecule has 1 fully saturated rings. The van der Waals surface area contributed by atoms with Crippen LogP contribution in [0.2, 0.25) is 0 Å². The van der Waals surface area contributed by atoms with Crippen LogP contribution in [0.4, 0.5) is 4.79 Å². The number of carbonyl (C=O) groups is 1. The van der Waals surface area contributed by atoms with E-state index in [0.717, 1.165) is 5.56 Å². The normalized spacial score (nSPS) is 16.9. The maximum absolute atomic E-state index is 12.4. The van der Waals surface area contributed by atoms with Gasteiger partial charge in [0.05, 0.1) is 22.1 Å². The van der Waals surface area contributed by atoms with Gasteiger partial charge in [-0.05, 0) is 56.4 Å². The van der Waals surface area contributed by atoms with Gasteiger partial charge in [0.2, 0.25) is 0 Å². The van der Waals surface area contributed by atoms with Crippen molar-refractivity contribution >= 4 is 30.2 Å². The summed E-state index contributed by atoms with van der Waals surface area (Å²) in [5, 5.41) is 3.09. The number of H-pyrrole nitrogens is 2. The monoisotopic (exact) mass is 477 g/mol. The van der Waals surface area contributed by atoms with Crippen LogP contribution >= 0.6 is 0 Å². The summed E-state index contributed by atoms with van der Waals surface area (Å²) >= 11 is 0. The van der Waals surface area contributed by atoms with Gasteiger partial charge in [-0.1, -0.05) is 42.5 Å². The second-order valence-electron chi connectivity index (χ2n) is 9.44. The van der Waals surface area contributed by atoms with Crippen molar-refractivity contribution in [2.24, 2.45) is 0 Å². The molecule has 1 amide bonds. The molecule has 182 valence electrons. The van der Waals surface area contributed by atoms with Gasteiger partial charge < -0.3 is 24.3 Å². The van der Waals surface area contributed by atoms with E-state index in [-0.39, 0.29) is 13.2 Å². The average molecular weight is 477 g/mol. The van der Waals surface area contributed by atoms with Crippen LogP contribution < -0.4 is 16.6 Å². The van der Waals surface area contributed by atoms with Crippen LogP contribution in [0, 0.1) is 0 Å². The minimum Gasteiger partial charge on any atom is -0.445 e. The largest absolute Gasteiger partial charge is 0.492 e. The molecule has 9 nitrogen and oxygen atoms in total. The van der Waals surface area contributed by atoms with Crippen LogP contribution in [-0.2, 0) is 20.7 Å². The van der Waals surface area contributed by atoms with Crippen molar-refractivity contribution in [1.82, 2.24) is 15.3 Å². The Morgan fingerprint density at radius 3 is 2.40 bits per heavy atom. The summed E-state index contributed by atoms with van der Waals surface area (Å²) in [6.45, 7) is 8.02. The van der Waals surface area contributed by atoms with Crippen LogP contribution in [0.1, 0.15) is 38.8 Å². The molecule has 0 saturated carbocycles. The number of nitrogens with one attached hydrogen (secondary N) is 3. The molecule has 0 aliphatic carbocycles. The van der Waals surface area contributed by atoms with Gasteiger partial charge in [-0.2, -0.15) is 0 Å². The van der Waals surface area contributed by atoms with E-state index in [1.165, 1.54) is 0 Å². The number of fused-ring (bicyclic) bond motifs is 1. The van der Waals surface area contributed by atoms with Gasteiger partial charge in [0, 0.05) is 6.54 Å². The molecule has 0 unspecified atom stereocenters. The van der Waals surface area contributed by atoms with Gasteiger partial charge >= 0.3 is 18.9 Å². The third-order valence-electron chi connectivity index (χ3n) is 6.32. The smallest absolute Gasteiger partial charge is 0.445 e. The molecular formula is C25H28BN3O6. The fourth-order valence-corrected chi connectivity index (χ4v) is 3.63. The Balaban J connectivity index is 1.57. The number of hydrogen-bond donors (Lipinski definition) is 3. The Bertz CT molecular complexity index is 1360. The first-order chi connectivity index (χ1) is 16.5. The maximum Gasteiger partial charge on any atom is 0.492 e. The number of carbonyl (C=O) groups excluding carboxylic acids is 1. The highest BCUT2D eigenvalue weighted by molar-refractivity contribution is 6.56. The summed E-state index contributed by atoms with van der Waals surface area (Å²) in [5.41, 5.74) is 0.412. The van der Waals surface area contributed by atoms with Crippen molar-refractivity contribution < 1.29 is 18.8 Å². The first kappa shape index (κ1) is 24.5. The van der Waals surface area contributed by atoms with E-state index in [1.54, 1.807) is 24.3 Å². The number of hydrogen-bond acceptors (Lipinski definition) is 6. The van der Waals surface area contributed by atoms with Gasteiger partial charge in [0.1, 0.15) is 6.61 Å². The van der Waals surface area contributed by atoms with E-state index in [0.29, 0.717) is 21.9 Å². The SMILES string of the molecule is CC1(C)OB(C(=Cc2ccc3[nH]c(=O)[nH]c(=O)c3c2)CNC(=O)OCc2ccccc2)OC1(C)C. The molecule has 3 N–H and O–H groups in total. The van der Waals surface area contributed by atoms with E-state index in [2.05, 4.69) is 15.3 Å². The zero-order valence-electron chi connectivity index (χ0n) is 20.1. The molecule has 0 radical (unpaired) electrons.